The number of aryl methyl sites for hydroxylation is 1. The molecule has 208 valence electrons. The van der Waals surface area contributed by atoms with E-state index in [2.05, 4.69) is 78.8 Å². The Hall–Kier alpha value is -2.47. The standard InChI is InChI=1S/C27H36N3O2S.ClHO4/c1-5-30-23-11-7-8-12-24(23)33-25(30)13-9-10-21-18-22(20-27(3,4)19-21)28-14-16-29(17-15-28)26(31)32-6-2;2-1(3,4)5/h7-13,18H,5-6,14-17,19-20H2,1-4H3;(H,2,3,4,5)/q+1;/p-1. The third-order valence-corrected chi connectivity index (χ3v) is 7.54. The fourth-order valence-electron chi connectivity index (χ4n) is 4.88. The van der Waals surface area contributed by atoms with Gasteiger partial charge in [0.1, 0.15) is 11.2 Å². The fraction of sp³-hybridized carbons (Fsp3) is 0.481. The second kappa shape index (κ2) is 13.1. The third-order valence-electron chi connectivity index (χ3n) is 6.41. The minimum Gasteiger partial charge on any atom is -0.450 e. The minimum atomic E-state index is -4.94. The molecule has 1 aromatic carbocycles. The first-order valence-electron chi connectivity index (χ1n) is 12.7. The Morgan fingerprint density at radius 3 is 2.39 bits per heavy atom. The van der Waals surface area contributed by atoms with Crippen molar-refractivity contribution in [2.45, 2.75) is 47.1 Å². The van der Waals surface area contributed by atoms with Gasteiger partial charge in [-0.05, 0) is 49.8 Å². The molecule has 1 saturated heterocycles. The van der Waals surface area contributed by atoms with Crippen LogP contribution < -0.4 is 23.2 Å². The first-order chi connectivity index (χ1) is 17.9. The number of nitrogens with zero attached hydrogens (tertiary/aromatic N) is 3. The smallest absolute Gasteiger partial charge is 0.409 e. The fourth-order valence-corrected chi connectivity index (χ4v) is 6.02. The van der Waals surface area contributed by atoms with Crippen molar-refractivity contribution >= 4 is 33.7 Å². The summed E-state index contributed by atoms with van der Waals surface area (Å²) in [5, 5.41) is 1.28. The topological polar surface area (TPSA) is 129 Å². The third kappa shape index (κ3) is 8.79. The van der Waals surface area contributed by atoms with Crippen LogP contribution in [0.3, 0.4) is 0 Å². The van der Waals surface area contributed by atoms with Gasteiger partial charge in [0, 0.05) is 44.0 Å². The number of amides is 1. The number of rotatable bonds is 5. The van der Waals surface area contributed by atoms with E-state index >= 15 is 0 Å². The number of halogens is 1. The normalized spacial score (nSPS) is 18.9. The van der Waals surface area contributed by atoms with Crippen LogP contribution in [0.25, 0.3) is 16.3 Å². The van der Waals surface area contributed by atoms with Crippen LogP contribution in [0.15, 0.2) is 53.8 Å². The Balaban J connectivity index is 0.000000732. The average Bonchev–Trinajstić information content (AvgIpc) is 3.19. The van der Waals surface area contributed by atoms with Crippen LogP contribution >= 0.6 is 11.3 Å². The van der Waals surface area contributed by atoms with E-state index < -0.39 is 10.2 Å². The number of hydrogen-bond acceptors (Lipinski definition) is 8. The maximum Gasteiger partial charge on any atom is 0.409 e. The van der Waals surface area contributed by atoms with Gasteiger partial charge in [-0.25, -0.2) is 23.4 Å². The zero-order valence-corrected chi connectivity index (χ0v) is 23.9. The number of allylic oxidation sites excluding steroid dienone is 5. The summed E-state index contributed by atoms with van der Waals surface area (Å²) in [6.07, 6.45) is 11.1. The van der Waals surface area contributed by atoms with Crippen LogP contribution in [0.1, 0.15) is 45.5 Å². The van der Waals surface area contributed by atoms with Crippen molar-refractivity contribution in [3.05, 3.63) is 58.8 Å². The predicted molar refractivity (Wildman–Crippen MR) is 136 cm³/mol. The highest BCUT2D eigenvalue weighted by Crippen LogP contribution is 2.39. The number of thiazole rings is 1. The van der Waals surface area contributed by atoms with Crippen molar-refractivity contribution in [3.63, 3.8) is 0 Å². The summed E-state index contributed by atoms with van der Waals surface area (Å²) in [6, 6.07) is 8.62. The van der Waals surface area contributed by atoms with E-state index in [9.17, 15) is 4.79 Å². The van der Waals surface area contributed by atoms with Crippen molar-refractivity contribution in [1.29, 1.82) is 0 Å². The van der Waals surface area contributed by atoms with Crippen molar-refractivity contribution in [2.75, 3.05) is 32.8 Å². The van der Waals surface area contributed by atoms with E-state index in [1.165, 1.54) is 26.5 Å². The molecule has 0 radical (unpaired) electrons. The molecule has 4 rings (SSSR count). The Bertz CT molecular complexity index is 1190. The molecule has 1 aliphatic carbocycles. The van der Waals surface area contributed by atoms with Crippen LogP contribution in [-0.2, 0) is 11.3 Å². The molecule has 0 unspecified atom stereocenters. The summed E-state index contributed by atoms with van der Waals surface area (Å²) < 4.78 is 42.8. The van der Waals surface area contributed by atoms with E-state index in [0.717, 1.165) is 45.6 Å². The summed E-state index contributed by atoms with van der Waals surface area (Å²) >= 11 is 1.84. The molecule has 1 aliphatic heterocycles. The quantitative estimate of drug-likeness (QED) is 0.492. The molecule has 0 atom stereocenters. The zero-order chi connectivity index (χ0) is 27.9. The monoisotopic (exact) mass is 565 g/mol. The van der Waals surface area contributed by atoms with Crippen LogP contribution in [0.4, 0.5) is 4.79 Å². The first-order valence-corrected chi connectivity index (χ1v) is 14.7. The number of benzene rings is 1. The molecule has 0 spiro atoms. The molecule has 2 heterocycles. The van der Waals surface area contributed by atoms with Gasteiger partial charge in [0.15, 0.2) is 0 Å². The summed E-state index contributed by atoms with van der Waals surface area (Å²) in [5.41, 5.74) is 4.29. The maximum atomic E-state index is 12.0. The van der Waals surface area contributed by atoms with Crippen molar-refractivity contribution in [2.24, 2.45) is 5.41 Å². The van der Waals surface area contributed by atoms with Crippen LogP contribution in [-0.4, -0.2) is 48.7 Å². The lowest BCUT2D eigenvalue weighted by Gasteiger charge is -2.41. The molecule has 2 aliphatic rings. The highest BCUT2D eigenvalue weighted by Gasteiger charge is 2.30. The van der Waals surface area contributed by atoms with Gasteiger partial charge in [-0.2, -0.15) is 4.57 Å². The minimum absolute atomic E-state index is 0.189. The van der Waals surface area contributed by atoms with Gasteiger partial charge in [-0.15, -0.1) is 10.2 Å². The van der Waals surface area contributed by atoms with Gasteiger partial charge in [-0.1, -0.05) is 49.5 Å². The molecule has 0 bridgehead atoms. The van der Waals surface area contributed by atoms with E-state index in [0.29, 0.717) is 6.61 Å². The number of para-hydroxylation sites is 1. The largest absolute Gasteiger partial charge is 0.450 e. The van der Waals surface area contributed by atoms with E-state index in [-0.39, 0.29) is 11.5 Å². The summed E-state index contributed by atoms with van der Waals surface area (Å²) in [7, 11) is -4.94. The number of carbonyl (C=O) groups excluding carboxylic acids is 1. The van der Waals surface area contributed by atoms with Gasteiger partial charge in [0.2, 0.25) is 5.52 Å². The molecular formula is C27H36ClN3O6S. The van der Waals surface area contributed by atoms with Crippen LogP contribution in [0.5, 0.6) is 0 Å². The lowest BCUT2D eigenvalue weighted by atomic mass is 9.76. The molecule has 11 heteroatoms. The van der Waals surface area contributed by atoms with E-state index in [1.54, 1.807) is 0 Å². The average molecular weight is 566 g/mol. The van der Waals surface area contributed by atoms with Crippen molar-refractivity contribution < 1.29 is 43.0 Å². The number of carbonyl (C=O) groups is 1. The second-order valence-corrected chi connectivity index (χ2v) is 11.8. The lowest BCUT2D eigenvalue weighted by Crippen LogP contribution is -2.68. The molecule has 0 N–H and O–H groups in total. The molecule has 2 aromatic rings. The second-order valence-electron chi connectivity index (χ2n) is 9.96. The van der Waals surface area contributed by atoms with Gasteiger partial charge < -0.3 is 14.5 Å². The predicted octanol–water partition coefficient (Wildman–Crippen LogP) is 0.870. The van der Waals surface area contributed by atoms with Gasteiger partial charge in [0.25, 0.3) is 5.01 Å². The zero-order valence-electron chi connectivity index (χ0n) is 22.4. The number of hydrogen-bond donors (Lipinski definition) is 0. The van der Waals surface area contributed by atoms with E-state index in [1.807, 2.05) is 23.2 Å². The molecule has 9 nitrogen and oxygen atoms in total. The number of fused-ring (bicyclic) bond motifs is 1. The Morgan fingerprint density at radius 2 is 1.76 bits per heavy atom. The van der Waals surface area contributed by atoms with Crippen LogP contribution in [0.2, 0.25) is 0 Å². The number of piperazine rings is 1. The Labute approximate surface area is 230 Å². The van der Waals surface area contributed by atoms with Crippen molar-refractivity contribution in [1.82, 2.24) is 9.80 Å². The van der Waals surface area contributed by atoms with Crippen LogP contribution in [0, 0.1) is 15.7 Å². The Morgan fingerprint density at radius 1 is 1.11 bits per heavy atom. The molecule has 1 fully saturated rings. The Kier molecular flexibility index (Phi) is 10.3. The molecule has 38 heavy (non-hydrogen) atoms. The van der Waals surface area contributed by atoms with Crippen molar-refractivity contribution in [3.8, 4) is 0 Å². The number of aromatic nitrogens is 1. The summed E-state index contributed by atoms with van der Waals surface area (Å²) in [6.45, 7) is 13.3. The molecule has 1 aromatic heterocycles. The molecule has 0 saturated carbocycles. The van der Waals surface area contributed by atoms with Gasteiger partial charge >= 0.3 is 6.09 Å². The lowest BCUT2D eigenvalue weighted by molar-refractivity contribution is -2.00. The highest BCUT2D eigenvalue weighted by atomic mass is 35.7. The summed E-state index contributed by atoms with van der Waals surface area (Å²) in [4.78, 5) is 16.3. The SMILES string of the molecule is CCOC(=O)N1CCN(C2=C/C(=C/C=C/c3sc4ccccc4[n+]3CC)CC(C)(C)C2)CC1.[O-][Cl+3]([O-])([O-])[O-]. The van der Waals surface area contributed by atoms with Gasteiger partial charge in [0.05, 0.1) is 6.61 Å². The molecular weight excluding hydrogens is 530 g/mol. The number of ether oxygens (including phenoxy) is 1. The highest BCUT2D eigenvalue weighted by molar-refractivity contribution is 7.18. The van der Waals surface area contributed by atoms with E-state index in [4.69, 9.17) is 23.4 Å². The first kappa shape index (κ1) is 30.1. The van der Waals surface area contributed by atoms with Gasteiger partial charge in [-0.3, -0.25) is 0 Å². The maximum absolute atomic E-state index is 12.0. The molecule has 1 amide bonds. The summed E-state index contributed by atoms with van der Waals surface area (Å²) in [5.74, 6) is 0.